The molecule has 1 amide bonds. The van der Waals surface area contributed by atoms with Crippen LogP contribution in [0, 0.1) is 6.92 Å². The first-order valence-corrected chi connectivity index (χ1v) is 10.4. The van der Waals surface area contributed by atoms with Crippen LogP contribution in [-0.4, -0.2) is 57.2 Å². The molecule has 1 saturated heterocycles. The third-order valence-electron chi connectivity index (χ3n) is 5.29. The van der Waals surface area contributed by atoms with E-state index in [9.17, 15) is 9.59 Å². The molecule has 4 rings (SSSR count). The SMILES string of the molecule is Cc1cnc2n(c1=O)C(CC(=O)N1CCN(Cc3ccccc3)CC1)CS2. The minimum absolute atomic E-state index is 0.0181. The molecular weight excluding hydrogens is 360 g/mol. The zero-order valence-corrected chi connectivity index (χ0v) is 16.3. The number of hydrogen-bond donors (Lipinski definition) is 0. The Morgan fingerprint density at radius 3 is 2.67 bits per heavy atom. The quantitative estimate of drug-likeness (QED) is 0.754. The molecule has 27 heavy (non-hydrogen) atoms. The van der Waals surface area contributed by atoms with E-state index in [1.807, 2.05) is 11.0 Å². The van der Waals surface area contributed by atoms with Gasteiger partial charge in [0.15, 0.2) is 5.16 Å². The van der Waals surface area contributed by atoms with Crippen molar-refractivity contribution in [3.05, 3.63) is 58.0 Å². The Morgan fingerprint density at radius 1 is 1.19 bits per heavy atom. The largest absolute Gasteiger partial charge is 0.340 e. The van der Waals surface area contributed by atoms with Crippen LogP contribution in [0.25, 0.3) is 0 Å². The second-order valence-corrected chi connectivity index (χ2v) is 8.20. The number of rotatable bonds is 4. The van der Waals surface area contributed by atoms with Gasteiger partial charge in [-0.15, -0.1) is 0 Å². The number of hydrogen-bond acceptors (Lipinski definition) is 5. The number of fused-ring (bicyclic) bond motifs is 1. The molecule has 1 aromatic carbocycles. The summed E-state index contributed by atoms with van der Waals surface area (Å²) in [5.41, 5.74) is 1.92. The van der Waals surface area contributed by atoms with Gasteiger partial charge in [0.2, 0.25) is 5.91 Å². The summed E-state index contributed by atoms with van der Waals surface area (Å²) in [5, 5.41) is 0.732. The zero-order valence-electron chi connectivity index (χ0n) is 15.5. The molecule has 2 aromatic rings. The minimum Gasteiger partial charge on any atom is -0.340 e. The molecule has 142 valence electrons. The van der Waals surface area contributed by atoms with Crippen molar-refractivity contribution in [2.45, 2.75) is 31.1 Å². The second kappa shape index (κ2) is 7.86. The molecule has 0 saturated carbocycles. The molecule has 1 atom stereocenters. The summed E-state index contributed by atoms with van der Waals surface area (Å²) in [5.74, 6) is 0.881. The van der Waals surface area contributed by atoms with Crippen molar-refractivity contribution >= 4 is 17.7 Å². The first-order chi connectivity index (χ1) is 13.1. The lowest BCUT2D eigenvalue weighted by Crippen LogP contribution is -2.48. The van der Waals surface area contributed by atoms with Crippen LogP contribution < -0.4 is 5.56 Å². The molecule has 0 spiro atoms. The number of aromatic nitrogens is 2. The number of nitrogens with zero attached hydrogens (tertiary/aromatic N) is 4. The Kier molecular flexibility index (Phi) is 5.31. The molecule has 6 nitrogen and oxygen atoms in total. The lowest BCUT2D eigenvalue weighted by atomic mass is 10.1. The third-order valence-corrected chi connectivity index (χ3v) is 6.40. The average molecular weight is 385 g/mol. The second-order valence-electron chi connectivity index (χ2n) is 7.21. The first-order valence-electron chi connectivity index (χ1n) is 9.37. The molecule has 3 heterocycles. The maximum Gasteiger partial charge on any atom is 0.257 e. The van der Waals surface area contributed by atoms with Crippen LogP contribution in [0.5, 0.6) is 0 Å². The lowest BCUT2D eigenvalue weighted by molar-refractivity contribution is -0.133. The van der Waals surface area contributed by atoms with Gasteiger partial charge in [-0.1, -0.05) is 42.1 Å². The Hall–Kier alpha value is -2.12. The molecule has 0 aliphatic carbocycles. The molecule has 0 N–H and O–H groups in total. The van der Waals surface area contributed by atoms with Crippen molar-refractivity contribution in [2.75, 3.05) is 31.9 Å². The van der Waals surface area contributed by atoms with Crippen molar-refractivity contribution in [1.82, 2.24) is 19.4 Å². The summed E-state index contributed by atoms with van der Waals surface area (Å²) in [6.07, 6.45) is 2.00. The zero-order chi connectivity index (χ0) is 18.8. The van der Waals surface area contributed by atoms with E-state index in [0.29, 0.717) is 12.0 Å². The fourth-order valence-corrected chi connectivity index (χ4v) is 4.80. The summed E-state index contributed by atoms with van der Waals surface area (Å²) in [6.45, 7) is 5.97. The van der Waals surface area contributed by atoms with Gasteiger partial charge in [0.1, 0.15) is 0 Å². The maximum atomic E-state index is 12.8. The highest BCUT2D eigenvalue weighted by molar-refractivity contribution is 7.99. The molecule has 7 heteroatoms. The maximum absolute atomic E-state index is 12.8. The number of thioether (sulfide) groups is 1. The van der Waals surface area contributed by atoms with Gasteiger partial charge in [0, 0.05) is 56.7 Å². The van der Waals surface area contributed by atoms with Gasteiger partial charge in [-0.25, -0.2) is 4.98 Å². The van der Waals surface area contributed by atoms with E-state index >= 15 is 0 Å². The fraction of sp³-hybridized carbons (Fsp3) is 0.450. The van der Waals surface area contributed by atoms with Crippen LogP contribution >= 0.6 is 11.8 Å². The van der Waals surface area contributed by atoms with Crippen molar-refractivity contribution in [2.24, 2.45) is 0 Å². The lowest BCUT2D eigenvalue weighted by Gasteiger charge is -2.35. The Bertz CT molecular complexity index is 875. The van der Waals surface area contributed by atoms with Gasteiger partial charge in [-0.2, -0.15) is 0 Å². The van der Waals surface area contributed by atoms with Crippen molar-refractivity contribution in [1.29, 1.82) is 0 Å². The number of aryl methyl sites for hydroxylation is 1. The monoisotopic (exact) mass is 384 g/mol. The van der Waals surface area contributed by atoms with Crippen LogP contribution in [0.15, 0.2) is 46.5 Å². The highest BCUT2D eigenvalue weighted by atomic mass is 32.2. The van der Waals surface area contributed by atoms with E-state index < -0.39 is 0 Å². The van der Waals surface area contributed by atoms with Crippen LogP contribution in [-0.2, 0) is 11.3 Å². The summed E-state index contributed by atoms with van der Waals surface area (Å²) in [7, 11) is 0. The van der Waals surface area contributed by atoms with Crippen molar-refractivity contribution in [3.63, 3.8) is 0 Å². The molecule has 2 aliphatic heterocycles. The van der Waals surface area contributed by atoms with Gasteiger partial charge in [0.25, 0.3) is 5.56 Å². The van der Waals surface area contributed by atoms with E-state index in [0.717, 1.165) is 43.6 Å². The average Bonchev–Trinajstić information content (AvgIpc) is 3.09. The van der Waals surface area contributed by atoms with E-state index in [-0.39, 0.29) is 17.5 Å². The standard InChI is InChI=1S/C20H24N4O2S/c1-15-12-21-20-24(19(15)26)17(14-27-20)11-18(25)23-9-7-22(8-10-23)13-16-5-3-2-4-6-16/h2-6,12,17H,7-11,13-14H2,1H3. The minimum atomic E-state index is -0.0836. The number of piperazine rings is 1. The highest BCUT2D eigenvalue weighted by Gasteiger charge is 2.30. The molecule has 2 aliphatic rings. The van der Waals surface area contributed by atoms with Gasteiger partial charge >= 0.3 is 0 Å². The van der Waals surface area contributed by atoms with Gasteiger partial charge in [0.05, 0.1) is 6.04 Å². The Balaban J connectivity index is 1.34. The number of carbonyl (C=O) groups is 1. The third kappa shape index (κ3) is 3.94. The van der Waals surface area contributed by atoms with E-state index in [1.165, 1.54) is 5.56 Å². The van der Waals surface area contributed by atoms with Crippen LogP contribution in [0.1, 0.15) is 23.6 Å². The summed E-state index contributed by atoms with van der Waals surface area (Å²) in [4.78, 5) is 33.9. The predicted octanol–water partition coefficient (Wildman–Crippen LogP) is 1.93. The highest BCUT2D eigenvalue weighted by Crippen LogP contribution is 2.32. The van der Waals surface area contributed by atoms with Crippen molar-refractivity contribution in [3.8, 4) is 0 Å². The number of carbonyl (C=O) groups excluding carboxylic acids is 1. The van der Waals surface area contributed by atoms with Gasteiger partial charge < -0.3 is 4.90 Å². The summed E-state index contributed by atoms with van der Waals surface area (Å²) in [6, 6.07) is 10.3. The predicted molar refractivity (Wildman–Crippen MR) is 106 cm³/mol. The molecule has 1 fully saturated rings. The topological polar surface area (TPSA) is 58.4 Å². The summed E-state index contributed by atoms with van der Waals surface area (Å²) >= 11 is 1.56. The van der Waals surface area contributed by atoms with Crippen molar-refractivity contribution < 1.29 is 4.79 Å². The van der Waals surface area contributed by atoms with E-state index in [4.69, 9.17) is 0 Å². The molecule has 0 bridgehead atoms. The smallest absolute Gasteiger partial charge is 0.257 e. The molecule has 1 aromatic heterocycles. The van der Waals surface area contributed by atoms with Gasteiger partial charge in [-0.3, -0.25) is 19.1 Å². The summed E-state index contributed by atoms with van der Waals surface area (Å²) < 4.78 is 1.71. The molecule has 1 unspecified atom stereocenters. The molecule has 0 radical (unpaired) electrons. The van der Waals surface area contributed by atoms with Crippen LogP contribution in [0.4, 0.5) is 0 Å². The molecular formula is C20H24N4O2S. The van der Waals surface area contributed by atoms with E-state index in [2.05, 4.69) is 34.1 Å². The van der Waals surface area contributed by atoms with Gasteiger partial charge in [-0.05, 0) is 12.5 Å². The number of amides is 1. The number of benzene rings is 1. The normalized spacial score (nSPS) is 19.9. The first kappa shape index (κ1) is 18.3. The van der Waals surface area contributed by atoms with Crippen LogP contribution in [0.3, 0.4) is 0 Å². The van der Waals surface area contributed by atoms with Crippen LogP contribution in [0.2, 0.25) is 0 Å². The Labute approximate surface area is 163 Å². The fourth-order valence-electron chi connectivity index (χ4n) is 3.70. The van der Waals surface area contributed by atoms with E-state index in [1.54, 1.807) is 29.4 Å². The Morgan fingerprint density at radius 2 is 1.93 bits per heavy atom.